The van der Waals surface area contributed by atoms with Gasteiger partial charge >= 0.3 is 11.9 Å². The number of ether oxygens (including phenoxy) is 2. The van der Waals surface area contributed by atoms with Crippen LogP contribution < -0.4 is 49.3 Å². The number of esters is 2. The summed E-state index contributed by atoms with van der Waals surface area (Å²) in [5.41, 5.74) is 6.50. The molecule has 44 heavy (non-hydrogen) atoms. The third-order valence-corrected chi connectivity index (χ3v) is 14.6. The molecule has 2 unspecified atom stereocenters. The summed E-state index contributed by atoms with van der Waals surface area (Å²) in [4.78, 5) is 48.9. The topological polar surface area (TPSA) is 137 Å². The van der Waals surface area contributed by atoms with E-state index in [2.05, 4.69) is 92.9 Å². The number of nitrogens with two attached hydrogens (primary N) is 1. The number of rotatable bonds is 16. The number of hydrogen-bond donors (Lipinski definition) is 3. The van der Waals surface area contributed by atoms with Crippen molar-refractivity contribution in [2.75, 3.05) is 32.0 Å². The third kappa shape index (κ3) is 10.6. The van der Waals surface area contributed by atoms with Crippen molar-refractivity contribution in [3.63, 3.8) is 0 Å². The quantitative estimate of drug-likeness (QED) is 0.0766. The molecular formula is C31H37BrN3O6PS2. The molecule has 3 aromatic carbocycles. The molecule has 3 aromatic rings. The highest BCUT2D eigenvalue weighted by Crippen LogP contribution is 2.59. The van der Waals surface area contributed by atoms with Crippen LogP contribution in [0.5, 0.6) is 0 Å². The summed E-state index contributed by atoms with van der Waals surface area (Å²) in [6.45, 7) is -0.322. The number of nitrogens with one attached hydrogen (secondary N) is 2. The molecule has 0 saturated carbocycles. The van der Waals surface area contributed by atoms with Crippen LogP contribution in [0.2, 0.25) is 0 Å². The Morgan fingerprint density at radius 3 is 1.75 bits per heavy atom. The molecule has 0 spiro atoms. The minimum Gasteiger partial charge on any atom is -1.00 e. The van der Waals surface area contributed by atoms with E-state index in [0.29, 0.717) is 0 Å². The lowest BCUT2D eigenvalue weighted by molar-refractivity contribution is -0.142. The van der Waals surface area contributed by atoms with Gasteiger partial charge in [0.05, 0.1) is 14.2 Å². The van der Waals surface area contributed by atoms with Gasteiger partial charge in [-0.2, -0.15) is 0 Å². The summed E-state index contributed by atoms with van der Waals surface area (Å²) in [5, 5.41) is 8.97. The molecule has 236 valence electrons. The number of amides is 2. The highest BCUT2D eigenvalue weighted by Gasteiger charge is 2.45. The average Bonchev–Trinajstić information content (AvgIpc) is 3.06. The fourth-order valence-corrected chi connectivity index (χ4v) is 13.2. The summed E-state index contributed by atoms with van der Waals surface area (Å²) < 4.78 is 9.23. The van der Waals surface area contributed by atoms with E-state index in [-0.39, 0.29) is 42.1 Å². The van der Waals surface area contributed by atoms with Crippen LogP contribution in [0.1, 0.15) is 12.8 Å². The molecule has 2 amide bonds. The molecule has 0 aliphatic heterocycles. The molecule has 9 nitrogen and oxygen atoms in total. The largest absolute Gasteiger partial charge is 1.00 e. The van der Waals surface area contributed by atoms with Crippen molar-refractivity contribution in [2.24, 2.45) is 5.73 Å². The smallest absolute Gasteiger partial charge is 0.325 e. The first-order chi connectivity index (χ1) is 20.8. The lowest BCUT2D eigenvalue weighted by Gasteiger charge is -2.27. The van der Waals surface area contributed by atoms with Crippen LogP contribution in [0, 0.1) is 0 Å². The predicted octanol–water partition coefficient (Wildman–Crippen LogP) is -0.622. The Labute approximate surface area is 277 Å². The second-order valence-corrected chi connectivity index (χ2v) is 15.9. The highest BCUT2D eigenvalue weighted by atomic mass is 79.9. The van der Waals surface area contributed by atoms with Crippen LogP contribution in [0.25, 0.3) is 0 Å². The Morgan fingerprint density at radius 2 is 1.30 bits per heavy atom. The zero-order valence-corrected chi connectivity index (χ0v) is 28.6. The number of methoxy groups -OCH3 is 2. The summed E-state index contributed by atoms with van der Waals surface area (Å²) in [6, 6.07) is 29.5. The molecule has 2 atom stereocenters. The molecule has 0 aliphatic carbocycles. The fourth-order valence-electron chi connectivity index (χ4n) is 4.31. The van der Waals surface area contributed by atoms with Gasteiger partial charge in [-0.25, -0.2) is 0 Å². The summed E-state index contributed by atoms with van der Waals surface area (Å²) in [5.74, 6) is -1.94. The van der Waals surface area contributed by atoms with Gasteiger partial charge < -0.3 is 42.8 Å². The lowest BCUT2D eigenvalue weighted by atomic mass is 10.1. The van der Waals surface area contributed by atoms with E-state index in [4.69, 9.17) is 5.73 Å². The first-order valence-corrected chi connectivity index (χ1v) is 18.0. The molecule has 0 heterocycles. The molecule has 0 saturated heterocycles. The molecule has 4 N–H and O–H groups in total. The normalized spacial score (nSPS) is 12.2. The van der Waals surface area contributed by atoms with Crippen molar-refractivity contribution < 1.29 is 45.6 Å². The minimum absolute atomic E-state index is 0. The fraction of sp³-hybridized carbons (Fsp3) is 0.290. The summed E-state index contributed by atoms with van der Waals surface area (Å²) >= 11 is 0. The predicted molar refractivity (Wildman–Crippen MR) is 176 cm³/mol. The van der Waals surface area contributed by atoms with Gasteiger partial charge in [0.25, 0.3) is 0 Å². The summed E-state index contributed by atoms with van der Waals surface area (Å²) in [6.07, 6.45) is -0.00531. The number of carbonyl (C=O) groups is 4. The second kappa shape index (κ2) is 19.5. The SMILES string of the molecule is COC(=O)CNC(=O)C(CSSC[P+](c1ccccc1)(c1ccccc1)c1ccccc1)NC(=O)CCC(N)C(=O)OC.[Br-]. The Morgan fingerprint density at radius 1 is 0.795 bits per heavy atom. The van der Waals surface area contributed by atoms with Crippen LogP contribution in [-0.2, 0) is 28.7 Å². The van der Waals surface area contributed by atoms with Gasteiger partial charge in [0, 0.05) is 12.2 Å². The first kappa shape index (κ1) is 37.3. The van der Waals surface area contributed by atoms with E-state index in [1.54, 1.807) is 10.8 Å². The van der Waals surface area contributed by atoms with Gasteiger partial charge in [0.2, 0.25) is 11.8 Å². The molecule has 0 bridgehead atoms. The lowest BCUT2D eigenvalue weighted by Crippen LogP contribution is -3.00. The van der Waals surface area contributed by atoms with Crippen LogP contribution >= 0.6 is 28.9 Å². The van der Waals surface area contributed by atoms with Gasteiger partial charge in [-0.05, 0) is 42.8 Å². The van der Waals surface area contributed by atoms with E-state index in [9.17, 15) is 19.2 Å². The van der Waals surface area contributed by atoms with Crippen molar-refractivity contribution in [1.29, 1.82) is 0 Å². The number of hydrogen-bond acceptors (Lipinski definition) is 9. The number of carbonyl (C=O) groups excluding carboxylic acids is 4. The van der Waals surface area contributed by atoms with Gasteiger partial charge in [-0.3, -0.25) is 19.2 Å². The Bertz CT molecular complexity index is 1250. The standard InChI is InChI=1S/C31H36N3O6PS2.BrH/c1-39-29(36)20-33-30(37)27(34-28(35)19-18-26(32)31(38)40-2)21-42-43-22-41(23-12-6-3-7-13-23,24-14-8-4-9-15-24)25-16-10-5-11-17-25;/h3-17,26-27H,18-22,32H2,1-2H3,(H-,33,34,35,37);1H. The van der Waals surface area contributed by atoms with Crippen molar-refractivity contribution in [3.8, 4) is 0 Å². The van der Waals surface area contributed by atoms with Crippen molar-refractivity contribution >= 4 is 68.5 Å². The summed E-state index contributed by atoms with van der Waals surface area (Å²) in [7, 11) is 3.46. The average molecular weight is 723 g/mol. The molecule has 13 heteroatoms. The van der Waals surface area contributed by atoms with Gasteiger partial charge in [0.15, 0.2) is 0 Å². The van der Waals surface area contributed by atoms with Gasteiger partial charge in [0.1, 0.15) is 47.3 Å². The zero-order valence-electron chi connectivity index (χ0n) is 24.5. The molecule has 0 aromatic heterocycles. The number of halogens is 1. The van der Waals surface area contributed by atoms with E-state index in [1.165, 1.54) is 40.9 Å². The van der Waals surface area contributed by atoms with Crippen LogP contribution in [0.15, 0.2) is 91.0 Å². The maximum Gasteiger partial charge on any atom is 0.325 e. The second-order valence-electron chi connectivity index (χ2n) is 9.43. The number of benzene rings is 3. The molecule has 0 aliphatic rings. The molecule has 0 fully saturated rings. The molecule has 0 radical (unpaired) electrons. The Balaban J connectivity index is 0.00000675. The molecular weight excluding hydrogens is 685 g/mol. The van der Waals surface area contributed by atoms with E-state index in [1.807, 2.05) is 18.2 Å². The third-order valence-electron chi connectivity index (χ3n) is 6.63. The van der Waals surface area contributed by atoms with Gasteiger partial charge in [-0.15, -0.1) is 0 Å². The van der Waals surface area contributed by atoms with Crippen molar-refractivity contribution in [1.82, 2.24) is 10.6 Å². The Kier molecular flexibility index (Phi) is 16.5. The Hall–Kier alpha value is -2.89. The maximum absolute atomic E-state index is 13.0. The monoisotopic (exact) mass is 721 g/mol. The maximum atomic E-state index is 13.0. The highest BCUT2D eigenvalue weighted by molar-refractivity contribution is 8.77. The van der Waals surface area contributed by atoms with Crippen LogP contribution in [-0.4, -0.2) is 67.8 Å². The minimum atomic E-state index is -2.09. The zero-order chi connectivity index (χ0) is 31.1. The van der Waals surface area contributed by atoms with Crippen LogP contribution in [0.3, 0.4) is 0 Å². The van der Waals surface area contributed by atoms with Crippen molar-refractivity contribution in [2.45, 2.75) is 24.9 Å². The van der Waals surface area contributed by atoms with Crippen molar-refractivity contribution in [3.05, 3.63) is 91.0 Å². The van der Waals surface area contributed by atoms with E-state index < -0.39 is 43.1 Å². The van der Waals surface area contributed by atoms with Gasteiger partial charge in [-0.1, -0.05) is 76.2 Å². The van der Waals surface area contributed by atoms with Crippen LogP contribution in [0.4, 0.5) is 0 Å². The molecule has 3 rings (SSSR count). The first-order valence-electron chi connectivity index (χ1n) is 13.6. The van der Waals surface area contributed by atoms with E-state index >= 15 is 0 Å². The van der Waals surface area contributed by atoms with E-state index in [0.717, 1.165) is 5.49 Å².